The summed E-state index contributed by atoms with van der Waals surface area (Å²) >= 11 is 0. The third-order valence-corrected chi connectivity index (χ3v) is 6.52. The summed E-state index contributed by atoms with van der Waals surface area (Å²) in [6.07, 6.45) is 6.78. The molecule has 0 bridgehead atoms. The van der Waals surface area contributed by atoms with Crippen molar-refractivity contribution in [3.8, 4) is 0 Å². The van der Waals surface area contributed by atoms with E-state index in [-0.39, 0.29) is 18.7 Å². The fourth-order valence-electron chi connectivity index (χ4n) is 4.52. The molecule has 2 fully saturated rings. The highest BCUT2D eigenvalue weighted by Crippen LogP contribution is 2.18. The zero-order chi connectivity index (χ0) is 23.2. The van der Waals surface area contributed by atoms with E-state index in [0.29, 0.717) is 36.8 Å². The first-order valence-electron chi connectivity index (χ1n) is 12.6. The molecule has 0 spiro atoms. The molecule has 7 N–H and O–H groups in total. The number of hydrogen-bond donors (Lipinski definition) is 7. The quantitative estimate of drug-likeness (QED) is 0.271. The number of aliphatic carboxylic acids is 1. The van der Waals surface area contributed by atoms with Crippen molar-refractivity contribution < 1.29 is 14.7 Å². The molecule has 1 aliphatic carbocycles. The van der Waals surface area contributed by atoms with Crippen molar-refractivity contribution >= 4 is 11.9 Å². The van der Waals surface area contributed by atoms with Crippen molar-refractivity contribution in [3.63, 3.8) is 0 Å². The summed E-state index contributed by atoms with van der Waals surface area (Å²) in [5.41, 5.74) is 0. The van der Waals surface area contributed by atoms with Gasteiger partial charge in [0.05, 0.1) is 6.42 Å². The number of carboxylic acid groups (broad SMARTS) is 1. The Morgan fingerprint density at radius 2 is 1.50 bits per heavy atom. The lowest BCUT2D eigenvalue weighted by Gasteiger charge is -2.34. The highest BCUT2D eigenvalue weighted by atomic mass is 16.4. The Labute approximate surface area is 193 Å². The molecule has 1 saturated heterocycles. The molecule has 2 rings (SSSR count). The maximum atomic E-state index is 11.7. The van der Waals surface area contributed by atoms with E-state index in [1.165, 1.54) is 25.7 Å². The van der Waals surface area contributed by atoms with E-state index >= 15 is 0 Å². The van der Waals surface area contributed by atoms with Gasteiger partial charge >= 0.3 is 5.97 Å². The van der Waals surface area contributed by atoms with Crippen molar-refractivity contribution in [2.45, 2.75) is 95.4 Å². The minimum atomic E-state index is -0.936. The Kier molecular flexibility index (Phi) is 13.1. The van der Waals surface area contributed by atoms with Gasteiger partial charge in [0.2, 0.25) is 5.91 Å². The molecule has 1 aliphatic heterocycles. The minimum Gasteiger partial charge on any atom is -0.481 e. The number of carbonyl (C=O) groups is 2. The third kappa shape index (κ3) is 11.6. The molecule has 0 unspecified atom stereocenters. The van der Waals surface area contributed by atoms with Gasteiger partial charge in [0, 0.05) is 75.9 Å². The maximum Gasteiger partial charge on any atom is 0.303 e. The molecule has 1 saturated carbocycles. The summed E-state index contributed by atoms with van der Waals surface area (Å²) in [7, 11) is 0. The largest absolute Gasteiger partial charge is 0.481 e. The second-order valence-electron chi connectivity index (χ2n) is 9.52. The number of carbonyl (C=O) groups excluding carboxylic acids is 1. The molecule has 1 amide bonds. The van der Waals surface area contributed by atoms with Gasteiger partial charge in [-0.15, -0.1) is 0 Å². The molecule has 2 aliphatic rings. The standard InChI is InChI=1S/C23H46N6O3/c1-17-14-27-18(2)15-28-19(6-5-11-26-22(30)9-10-23(31)32)16-29-21-8-4-3-7-20(21)25-13-12-24-17/h17-21,24-25,27-29H,3-16H2,1-2H3,(H,26,30)(H,31,32)/t17-,18+,19+,20-,21-/m1/s1. The van der Waals surface area contributed by atoms with Crippen LogP contribution in [-0.2, 0) is 9.59 Å². The molecule has 0 aromatic heterocycles. The highest BCUT2D eigenvalue weighted by Gasteiger charge is 2.25. The van der Waals surface area contributed by atoms with Crippen molar-refractivity contribution in [1.82, 2.24) is 31.9 Å². The van der Waals surface area contributed by atoms with Crippen LogP contribution in [0.5, 0.6) is 0 Å². The van der Waals surface area contributed by atoms with Gasteiger partial charge in [-0.2, -0.15) is 0 Å². The van der Waals surface area contributed by atoms with Crippen LogP contribution in [0.2, 0.25) is 0 Å². The van der Waals surface area contributed by atoms with Crippen LogP contribution in [0.4, 0.5) is 0 Å². The molecule has 9 nitrogen and oxygen atoms in total. The monoisotopic (exact) mass is 454 g/mol. The van der Waals surface area contributed by atoms with Crippen LogP contribution >= 0.6 is 0 Å². The van der Waals surface area contributed by atoms with Crippen molar-refractivity contribution in [2.24, 2.45) is 0 Å². The zero-order valence-corrected chi connectivity index (χ0v) is 20.0. The van der Waals surface area contributed by atoms with E-state index in [1.54, 1.807) is 0 Å². The van der Waals surface area contributed by atoms with Crippen LogP contribution in [0.3, 0.4) is 0 Å². The predicted octanol–water partition coefficient (Wildman–Crippen LogP) is 0.166. The zero-order valence-electron chi connectivity index (χ0n) is 20.0. The van der Waals surface area contributed by atoms with Crippen LogP contribution in [0.15, 0.2) is 0 Å². The van der Waals surface area contributed by atoms with E-state index in [0.717, 1.165) is 45.6 Å². The highest BCUT2D eigenvalue weighted by molar-refractivity contribution is 5.80. The Morgan fingerprint density at radius 1 is 0.844 bits per heavy atom. The van der Waals surface area contributed by atoms with Gasteiger partial charge in [-0.25, -0.2) is 0 Å². The summed E-state index contributed by atoms with van der Waals surface area (Å²) in [5, 5.41) is 30.1. The fraction of sp³-hybridized carbons (Fsp3) is 0.913. The second-order valence-corrected chi connectivity index (χ2v) is 9.52. The SMILES string of the molecule is C[C@@H]1CN[C@@H](C)CN[C@@H](CCCNC(=O)CCC(=O)O)CN[C@@H]2CCCC[C@H]2NCCN1. The van der Waals surface area contributed by atoms with Crippen molar-refractivity contribution in [2.75, 3.05) is 39.3 Å². The summed E-state index contributed by atoms with van der Waals surface area (Å²) in [4.78, 5) is 22.3. The van der Waals surface area contributed by atoms with Gasteiger partial charge in [-0.1, -0.05) is 12.8 Å². The van der Waals surface area contributed by atoms with Gasteiger partial charge in [0.1, 0.15) is 0 Å². The Balaban J connectivity index is 1.84. The number of carboxylic acids is 1. The maximum absolute atomic E-state index is 11.7. The van der Waals surface area contributed by atoms with Crippen molar-refractivity contribution in [3.05, 3.63) is 0 Å². The van der Waals surface area contributed by atoms with Crippen LogP contribution in [-0.4, -0.2) is 86.5 Å². The molecule has 0 radical (unpaired) electrons. The second kappa shape index (κ2) is 15.6. The van der Waals surface area contributed by atoms with E-state index in [4.69, 9.17) is 5.11 Å². The number of hydrogen-bond acceptors (Lipinski definition) is 7. The Morgan fingerprint density at radius 3 is 2.25 bits per heavy atom. The molecule has 5 atom stereocenters. The normalized spacial score (nSPS) is 31.0. The first-order valence-corrected chi connectivity index (χ1v) is 12.6. The molecular weight excluding hydrogens is 408 g/mol. The molecule has 186 valence electrons. The smallest absolute Gasteiger partial charge is 0.303 e. The van der Waals surface area contributed by atoms with Gasteiger partial charge < -0.3 is 37.0 Å². The number of amides is 1. The van der Waals surface area contributed by atoms with Crippen molar-refractivity contribution in [1.29, 1.82) is 0 Å². The lowest BCUT2D eigenvalue weighted by molar-refractivity contribution is -0.138. The molecule has 0 aromatic rings. The van der Waals surface area contributed by atoms with Gasteiger partial charge in [0.25, 0.3) is 0 Å². The number of rotatable bonds is 7. The van der Waals surface area contributed by atoms with E-state index in [2.05, 4.69) is 45.7 Å². The van der Waals surface area contributed by atoms with Crippen LogP contribution in [0, 0.1) is 0 Å². The summed E-state index contributed by atoms with van der Waals surface area (Å²) < 4.78 is 0. The third-order valence-electron chi connectivity index (χ3n) is 6.52. The van der Waals surface area contributed by atoms with Gasteiger partial charge in [-0.3, -0.25) is 9.59 Å². The van der Waals surface area contributed by atoms with Crippen LogP contribution < -0.4 is 31.9 Å². The molecular formula is C23H46N6O3. The summed E-state index contributed by atoms with van der Waals surface area (Å²) in [6.45, 7) is 9.76. The lowest BCUT2D eigenvalue weighted by Crippen LogP contribution is -2.54. The number of nitrogens with one attached hydrogen (secondary N) is 6. The predicted molar refractivity (Wildman–Crippen MR) is 128 cm³/mol. The van der Waals surface area contributed by atoms with Crippen LogP contribution in [0.25, 0.3) is 0 Å². The fourth-order valence-corrected chi connectivity index (χ4v) is 4.52. The minimum absolute atomic E-state index is 0.0467. The van der Waals surface area contributed by atoms with E-state index in [9.17, 15) is 9.59 Å². The lowest BCUT2D eigenvalue weighted by atomic mass is 9.90. The van der Waals surface area contributed by atoms with Gasteiger partial charge in [-0.05, 0) is 39.5 Å². The van der Waals surface area contributed by atoms with E-state index < -0.39 is 5.97 Å². The van der Waals surface area contributed by atoms with Gasteiger partial charge in [0.15, 0.2) is 0 Å². The first kappa shape index (κ1) is 27.0. The molecule has 1 heterocycles. The average Bonchev–Trinajstić information content (AvgIpc) is 2.78. The summed E-state index contributed by atoms with van der Waals surface area (Å²) in [5.74, 6) is -1.12. The van der Waals surface area contributed by atoms with E-state index in [1.807, 2.05) is 0 Å². The average molecular weight is 455 g/mol. The number of fused-ring (bicyclic) bond motifs is 1. The molecule has 9 heteroatoms. The topological polar surface area (TPSA) is 127 Å². The molecule has 32 heavy (non-hydrogen) atoms. The molecule has 0 aromatic carbocycles. The summed E-state index contributed by atoms with van der Waals surface area (Å²) in [6, 6.07) is 2.17. The Bertz CT molecular complexity index is 550. The first-order chi connectivity index (χ1) is 15.4. The Hall–Kier alpha value is -1.26. The van der Waals surface area contributed by atoms with Crippen LogP contribution in [0.1, 0.15) is 65.2 Å².